The van der Waals surface area contributed by atoms with E-state index in [-0.39, 0.29) is 0 Å². The van der Waals surface area contributed by atoms with Crippen LogP contribution in [0.15, 0.2) is 5.38 Å². The molecule has 2 unspecified atom stereocenters. The molecule has 1 N–H and O–H groups in total. The van der Waals surface area contributed by atoms with Gasteiger partial charge in [-0.1, -0.05) is 0 Å². The summed E-state index contributed by atoms with van der Waals surface area (Å²) in [5.74, 6) is 0.832. The van der Waals surface area contributed by atoms with Gasteiger partial charge in [0.2, 0.25) is 0 Å². The van der Waals surface area contributed by atoms with Gasteiger partial charge in [-0.2, -0.15) is 0 Å². The van der Waals surface area contributed by atoms with Gasteiger partial charge in [-0.25, -0.2) is 4.98 Å². The van der Waals surface area contributed by atoms with Gasteiger partial charge in [0, 0.05) is 30.3 Å². The highest BCUT2D eigenvalue weighted by atomic mass is 32.1. The smallest absolute Gasteiger partial charge is 0.107 e. The Balaban J connectivity index is 1.54. The molecule has 2 heterocycles. The van der Waals surface area contributed by atoms with Crippen molar-refractivity contribution in [3.8, 4) is 0 Å². The number of hydrogen-bond donors (Lipinski definition) is 1. The average molecular weight is 238 g/mol. The third kappa shape index (κ3) is 2.29. The molecule has 0 bridgehead atoms. The summed E-state index contributed by atoms with van der Waals surface area (Å²) in [6.07, 6.45) is 4.35. The second-order valence-electron chi connectivity index (χ2n) is 4.83. The van der Waals surface area contributed by atoms with E-state index in [0.29, 0.717) is 12.1 Å². The van der Waals surface area contributed by atoms with Crippen molar-refractivity contribution >= 4 is 11.3 Å². The van der Waals surface area contributed by atoms with Crippen molar-refractivity contribution in [2.75, 3.05) is 6.61 Å². The maximum atomic E-state index is 5.80. The predicted octanol–water partition coefficient (Wildman–Crippen LogP) is 2.11. The minimum Gasteiger partial charge on any atom is -0.376 e. The van der Waals surface area contributed by atoms with Crippen molar-refractivity contribution in [1.82, 2.24) is 10.3 Å². The summed E-state index contributed by atoms with van der Waals surface area (Å²) >= 11 is 1.74. The van der Waals surface area contributed by atoms with E-state index in [1.54, 1.807) is 11.3 Å². The zero-order valence-electron chi connectivity index (χ0n) is 9.61. The molecular weight excluding hydrogens is 220 g/mol. The fourth-order valence-electron chi connectivity index (χ4n) is 2.42. The standard InChI is InChI=1S/C12H18N2OS/c1-8-7-16-11(14-8)6-13-10-4-5-15-12(10)9-2-3-9/h7,9-10,12-13H,2-6H2,1H3. The molecule has 3 rings (SSSR count). The minimum atomic E-state index is 0.473. The van der Waals surface area contributed by atoms with Gasteiger partial charge in [0.1, 0.15) is 5.01 Å². The molecule has 2 atom stereocenters. The monoisotopic (exact) mass is 238 g/mol. The minimum absolute atomic E-state index is 0.473. The average Bonchev–Trinajstić information content (AvgIpc) is 2.86. The lowest BCUT2D eigenvalue weighted by atomic mass is 10.1. The maximum Gasteiger partial charge on any atom is 0.107 e. The van der Waals surface area contributed by atoms with Gasteiger partial charge in [-0.05, 0) is 32.1 Å². The largest absolute Gasteiger partial charge is 0.376 e. The molecule has 88 valence electrons. The Kier molecular flexibility index (Phi) is 2.96. The predicted molar refractivity (Wildman–Crippen MR) is 64.6 cm³/mol. The van der Waals surface area contributed by atoms with E-state index in [1.165, 1.54) is 17.8 Å². The van der Waals surface area contributed by atoms with E-state index < -0.39 is 0 Å². The number of rotatable bonds is 4. The van der Waals surface area contributed by atoms with Crippen molar-refractivity contribution in [3.63, 3.8) is 0 Å². The number of ether oxygens (including phenoxy) is 1. The zero-order valence-corrected chi connectivity index (χ0v) is 10.4. The molecule has 3 nitrogen and oxygen atoms in total. The SMILES string of the molecule is Cc1csc(CNC2CCOC2C2CC2)n1. The summed E-state index contributed by atoms with van der Waals surface area (Å²) in [5.41, 5.74) is 1.13. The van der Waals surface area contributed by atoms with E-state index >= 15 is 0 Å². The van der Waals surface area contributed by atoms with E-state index in [2.05, 4.69) is 15.7 Å². The molecule has 2 fully saturated rings. The number of nitrogens with one attached hydrogen (secondary N) is 1. The summed E-state index contributed by atoms with van der Waals surface area (Å²) in [5, 5.41) is 6.91. The molecule has 1 aliphatic heterocycles. The topological polar surface area (TPSA) is 34.1 Å². The highest BCUT2D eigenvalue weighted by molar-refractivity contribution is 7.09. The Bertz CT molecular complexity index is 362. The molecule has 1 saturated carbocycles. The van der Waals surface area contributed by atoms with Crippen molar-refractivity contribution in [3.05, 3.63) is 16.1 Å². The number of aryl methyl sites for hydroxylation is 1. The van der Waals surface area contributed by atoms with Crippen LogP contribution < -0.4 is 5.32 Å². The van der Waals surface area contributed by atoms with Gasteiger partial charge in [0.05, 0.1) is 6.10 Å². The molecule has 0 spiro atoms. The molecule has 1 saturated heterocycles. The normalized spacial score (nSPS) is 29.8. The first-order chi connectivity index (χ1) is 7.83. The van der Waals surface area contributed by atoms with Crippen LogP contribution in [0.5, 0.6) is 0 Å². The molecule has 0 amide bonds. The van der Waals surface area contributed by atoms with E-state index in [1.807, 2.05) is 6.92 Å². The van der Waals surface area contributed by atoms with Gasteiger partial charge in [-0.15, -0.1) is 11.3 Å². The van der Waals surface area contributed by atoms with Crippen LogP contribution in [0.1, 0.15) is 30.0 Å². The fourth-order valence-corrected chi connectivity index (χ4v) is 3.14. The lowest BCUT2D eigenvalue weighted by Gasteiger charge is -2.18. The molecule has 4 heteroatoms. The van der Waals surface area contributed by atoms with E-state index in [4.69, 9.17) is 4.74 Å². The first-order valence-electron chi connectivity index (χ1n) is 6.09. The Labute approximate surface area is 100 Å². The Morgan fingerprint density at radius 3 is 3.06 bits per heavy atom. The van der Waals surface area contributed by atoms with Crippen molar-refractivity contribution in [1.29, 1.82) is 0 Å². The fraction of sp³-hybridized carbons (Fsp3) is 0.750. The van der Waals surface area contributed by atoms with E-state index in [9.17, 15) is 0 Å². The van der Waals surface area contributed by atoms with Crippen LogP contribution in [0.2, 0.25) is 0 Å². The number of aromatic nitrogens is 1. The summed E-state index contributed by atoms with van der Waals surface area (Å²) in [6.45, 7) is 3.87. The molecule has 1 aromatic heterocycles. The first kappa shape index (κ1) is 10.7. The lowest BCUT2D eigenvalue weighted by molar-refractivity contribution is 0.0809. The van der Waals surface area contributed by atoms with Crippen LogP contribution in [0.25, 0.3) is 0 Å². The number of thiazole rings is 1. The van der Waals surface area contributed by atoms with Crippen molar-refractivity contribution in [2.24, 2.45) is 5.92 Å². The van der Waals surface area contributed by atoms with Crippen LogP contribution >= 0.6 is 11.3 Å². The summed E-state index contributed by atoms with van der Waals surface area (Å²) in [7, 11) is 0. The molecule has 16 heavy (non-hydrogen) atoms. The second kappa shape index (κ2) is 4.43. The zero-order chi connectivity index (χ0) is 11.0. The van der Waals surface area contributed by atoms with Crippen LogP contribution in [-0.4, -0.2) is 23.7 Å². The van der Waals surface area contributed by atoms with Crippen LogP contribution in [0.4, 0.5) is 0 Å². The van der Waals surface area contributed by atoms with Gasteiger partial charge >= 0.3 is 0 Å². The Morgan fingerprint density at radius 2 is 2.38 bits per heavy atom. The van der Waals surface area contributed by atoms with Gasteiger partial charge in [-0.3, -0.25) is 0 Å². The quantitative estimate of drug-likeness (QED) is 0.872. The summed E-state index contributed by atoms with van der Waals surface area (Å²) < 4.78 is 5.80. The summed E-state index contributed by atoms with van der Waals surface area (Å²) in [6, 6.07) is 0.553. The van der Waals surface area contributed by atoms with Crippen molar-refractivity contribution in [2.45, 2.75) is 44.9 Å². The highest BCUT2D eigenvalue weighted by Crippen LogP contribution is 2.38. The van der Waals surface area contributed by atoms with Gasteiger partial charge < -0.3 is 10.1 Å². The molecule has 2 aliphatic rings. The number of nitrogens with zero attached hydrogens (tertiary/aromatic N) is 1. The lowest BCUT2D eigenvalue weighted by Crippen LogP contribution is -2.37. The maximum absolute atomic E-state index is 5.80. The molecule has 0 aromatic carbocycles. The van der Waals surface area contributed by atoms with Crippen LogP contribution in [-0.2, 0) is 11.3 Å². The van der Waals surface area contributed by atoms with Crippen molar-refractivity contribution < 1.29 is 4.74 Å². The Hall–Kier alpha value is -0.450. The van der Waals surface area contributed by atoms with Crippen LogP contribution in [0, 0.1) is 12.8 Å². The second-order valence-corrected chi connectivity index (χ2v) is 5.77. The van der Waals surface area contributed by atoms with Gasteiger partial charge in [0.15, 0.2) is 0 Å². The summed E-state index contributed by atoms with van der Waals surface area (Å²) in [4.78, 5) is 4.47. The third-order valence-electron chi connectivity index (χ3n) is 3.40. The number of hydrogen-bond acceptors (Lipinski definition) is 4. The molecular formula is C12H18N2OS. The molecule has 0 radical (unpaired) electrons. The molecule has 1 aromatic rings. The Morgan fingerprint density at radius 1 is 1.50 bits per heavy atom. The third-order valence-corrected chi connectivity index (χ3v) is 4.37. The van der Waals surface area contributed by atoms with Gasteiger partial charge in [0.25, 0.3) is 0 Å². The first-order valence-corrected chi connectivity index (χ1v) is 6.97. The van der Waals surface area contributed by atoms with Crippen LogP contribution in [0.3, 0.4) is 0 Å². The van der Waals surface area contributed by atoms with E-state index in [0.717, 1.165) is 31.2 Å². The molecule has 1 aliphatic carbocycles. The highest BCUT2D eigenvalue weighted by Gasteiger charge is 2.40.